The minimum atomic E-state index is -2.57. The monoisotopic (exact) mass is 412 g/mol. The summed E-state index contributed by atoms with van der Waals surface area (Å²) in [6.45, 7) is -0.688. The lowest BCUT2D eigenvalue weighted by molar-refractivity contribution is -0.0927. The number of aliphatic hydroxyl groups is 1. The highest BCUT2D eigenvalue weighted by molar-refractivity contribution is 5.77. The molecular weight excluding hydrogens is 394 g/mol. The maximum atomic E-state index is 12.5. The van der Waals surface area contributed by atoms with Crippen molar-refractivity contribution in [2.45, 2.75) is 31.0 Å². The van der Waals surface area contributed by atoms with Gasteiger partial charge in [-0.25, -0.2) is 23.4 Å². The Balaban J connectivity index is 1.44. The number of aromatic amines is 1. The normalized spacial score (nSPS) is 16.3. The van der Waals surface area contributed by atoms with Crippen molar-refractivity contribution in [2.75, 3.05) is 6.61 Å². The topological polar surface area (TPSA) is 102 Å². The second-order valence-corrected chi connectivity index (χ2v) is 7.29. The van der Waals surface area contributed by atoms with Crippen molar-refractivity contribution in [3.05, 3.63) is 54.6 Å². The fraction of sp³-hybridized carbons (Fsp3) is 0.300. The van der Waals surface area contributed by atoms with Crippen LogP contribution in [0.5, 0.6) is 0 Å². The molecule has 5 rings (SSSR count). The first kappa shape index (κ1) is 18.8. The van der Waals surface area contributed by atoms with Gasteiger partial charge in [0, 0.05) is 22.7 Å². The first-order chi connectivity index (χ1) is 14.6. The van der Waals surface area contributed by atoms with Gasteiger partial charge >= 0.3 is 0 Å². The number of benzene rings is 1. The summed E-state index contributed by atoms with van der Waals surface area (Å²) in [5.74, 6) is 0.644. The first-order valence-corrected chi connectivity index (χ1v) is 9.46. The summed E-state index contributed by atoms with van der Waals surface area (Å²) in [4.78, 5) is 8.63. The number of rotatable bonds is 7. The number of halogens is 2. The molecule has 1 fully saturated rings. The van der Waals surface area contributed by atoms with E-state index >= 15 is 0 Å². The average Bonchev–Trinajstić information content (AvgIpc) is 3.15. The van der Waals surface area contributed by atoms with Crippen LogP contribution < -0.4 is 0 Å². The number of nitrogens with zero attached hydrogens (tertiary/aromatic N) is 5. The van der Waals surface area contributed by atoms with E-state index in [9.17, 15) is 13.9 Å². The second-order valence-electron chi connectivity index (χ2n) is 7.29. The number of fused-ring (bicyclic) bond motifs is 1. The molecule has 8 nitrogen and oxygen atoms in total. The number of aromatic nitrogens is 6. The van der Waals surface area contributed by atoms with Gasteiger partial charge in [-0.05, 0) is 31.0 Å². The van der Waals surface area contributed by atoms with E-state index in [2.05, 4.69) is 25.3 Å². The molecule has 1 atom stereocenters. The van der Waals surface area contributed by atoms with Crippen molar-refractivity contribution >= 4 is 11.0 Å². The fourth-order valence-corrected chi connectivity index (χ4v) is 3.56. The number of nitrogens with one attached hydrogen (secondary N) is 1. The Labute approximate surface area is 169 Å². The van der Waals surface area contributed by atoms with Crippen LogP contribution in [0.4, 0.5) is 8.78 Å². The van der Waals surface area contributed by atoms with E-state index in [1.807, 2.05) is 24.3 Å². The van der Waals surface area contributed by atoms with E-state index < -0.39 is 24.7 Å². The van der Waals surface area contributed by atoms with Gasteiger partial charge in [0.15, 0.2) is 11.5 Å². The highest BCUT2D eigenvalue weighted by Gasteiger charge is 2.51. The number of hydrogen-bond acceptors (Lipinski definition) is 6. The summed E-state index contributed by atoms with van der Waals surface area (Å²) in [5.41, 5.74) is 1.82. The van der Waals surface area contributed by atoms with Crippen molar-refractivity contribution in [3.8, 4) is 17.1 Å². The Hall–Kier alpha value is -3.24. The third-order valence-electron chi connectivity index (χ3n) is 5.26. The molecule has 1 aliphatic rings. The van der Waals surface area contributed by atoms with Crippen LogP contribution in [-0.4, -0.2) is 53.7 Å². The van der Waals surface area contributed by atoms with Crippen molar-refractivity contribution in [1.82, 2.24) is 29.9 Å². The molecular formula is C20H18F2N6O2. The predicted molar refractivity (Wildman–Crippen MR) is 103 cm³/mol. The third kappa shape index (κ3) is 3.33. The maximum absolute atomic E-state index is 12.5. The molecule has 0 amide bonds. The Kier molecular flexibility index (Phi) is 4.52. The average molecular weight is 412 g/mol. The summed E-state index contributed by atoms with van der Waals surface area (Å²) in [6.07, 6.45) is 2.11. The molecule has 2 N–H and O–H groups in total. The Morgan fingerprint density at radius 2 is 2.07 bits per heavy atom. The predicted octanol–water partition coefficient (Wildman–Crippen LogP) is 3.05. The maximum Gasteiger partial charge on any atom is 0.261 e. The Bertz CT molecular complexity index is 1170. The van der Waals surface area contributed by atoms with Gasteiger partial charge in [-0.15, -0.1) is 0 Å². The van der Waals surface area contributed by atoms with E-state index in [-0.39, 0.29) is 0 Å². The third-order valence-corrected chi connectivity index (χ3v) is 5.26. The number of H-pyrrole nitrogens is 1. The molecule has 0 radical (unpaired) electrons. The van der Waals surface area contributed by atoms with Crippen molar-refractivity contribution < 1.29 is 18.6 Å². The quantitative estimate of drug-likeness (QED) is 0.484. The fourth-order valence-electron chi connectivity index (χ4n) is 3.56. The lowest BCUT2D eigenvalue weighted by atomic mass is 10.0. The molecule has 0 saturated heterocycles. The van der Waals surface area contributed by atoms with Crippen LogP contribution in [0.15, 0.2) is 49.1 Å². The molecule has 10 heteroatoms. The van der Waals surface area contributed by atoms with Gasteiger partial charge in [0.2, 0.25) is 0 Å². The first-order valence-electron chi connectivity index (χ1n) is 9.46. The van der Waals surface area contributed by atoms with E-state index in [0.717, 1.165) is 16.6 Å². The zero-order valence-electron chi connectivity index (χ0n) is 15.7. The minimum absolute atomic E-state index is 0.518. The van der Waals surface area contributed by atoms with Gasteiger partial charge in [-0.1, -0.05) is 12.1 Å². The molecule has 4 aromatic rings. The zero-order valence-corrected chi connectivity index (χ0v) is 15.7. The Morgan fingerprint density at radius 1 is 1.20 bits per heavy atom. The highest BCUT2D eigenvalue weighted by Crippen LogP contribution is 2.49. The summed E-state index contributed by atoms with van der Waals surface area (Å²) in [6, 6.07) is 9.37. The molecule has 0 spiro atoms. The molecule has 30 heavy (non-hydrogen) atoms. The molecule has 1 aliphatic carbocycles. The summed E-state index contributed by atoms with van der Waals surface area (Å²) in [5, 5.41) is 22.5. The zero-order chi connectivity index (χ0) is 20.7. The summed E-state index contributed by atoms with van der Waals surface area (Å²) < 4.78 is 32.0. The SMILES string of the molecule is O[C@H](c1cnc2c(cnn2-c2cccc(-c3ncn[nH]3)c2)c1)C1(OCC(F)F)CC1. The molecule has 3 aromatic heterocycles. The molecule has 1 saturated carbocycles. The van der Waals surface area contributed by atoms with E-state index in [1.54, 1.807) is 16.9 Å². The standard InChI is InChI=1S/C20H18F2N6O2/c21-16(22)10-30-20(4-5-20)17(29)13-6-14-9-26-28(19(14)23-8-13)15-3-1-2-12(7-15)18-24-11-25-27-18/h1-3,6-9,11,16-17,29H,4-5,10H2,(H,24,25,27)/t17-/m1/s1. The van der Waals surface area contributed by atoms with Gasteiger partial charge in [0.25, 0.3) is 6.43 Å². The second kappa shape index (κ2) is 7.22. The Morgan fingerprint density at radius 3 is 2.80 bits per heavy atom. The van der Waals surface area contributed by atoms with Gasteiger partial charge < -0.3 is 9.84 Å². The van der Waals surface area contributed by atoms with Crippen molar-refractivity contribution in [1.29, 1.82) is 0 Å². The molecule has 0 aliphatic heterocycles. The van der Waals surface area contributed by atoms with Gasteiger partial charge in [0.1, 0.15) is 19.0 Å². The number of ether oxygens (including phenoxy) is 1. The molecule has 3 heterocycles. The van der Waals surface area contributed by atoms with Crippen LogP contribution in [0.1, 0.15) is 24.5 Å². The number of pyridine rings is 1. The van der Waals surface area contributed by atoms with Crippen LogP contribution in [0.25, 0.3) is 28.1 Å². The smallest absolute Gasteiger partial charge is 0.261 e. The van der Waals surface area contributed by atoms with E-state index in [1.165, 1.54) is 12.5 Å². The number of aliphatic hydroxyl groups excluding tert-OH is 1. The minimum Gasteiger partial charge on any atom is -0.385 e. The largest absolute Gasteiger partial charge is 0.385 e. The molecule has 0 unspecified atom stereocenters. The summed E-state index contributed by atoms with van der Waals surface area (Å²) >= 11 is 0. The highest BCUT2D eigenvalue weighted by atomic mass is 19.3. The van der Waals surface area contributed by atoms with Crippen molar-refractivity contribution in [2.24, 2.45) is 0 Å². The van der Waals surface area contributed by atoms with E-state index in [4.69, 9.17) is 4.74 Å². The van der Waals surface area contributed by atoms with Crippen molar-refractivity contribution in [3.63, 3.8) is 0 Å². The molecule has 154 valence electrons. The lowest BCUT2D eigenvalue weighted by Gasteiger charge is -2.23. The van der Waals surface area contributed by atoms with Crippen LogP contribution in [0, 0.1) is 0 Å². The van der Waals surface area contributed by atoms with Gasteiger partial charge in [0.05, 0.1) is 17.5 Å². The lowest BCUT2D eigenvalue weighted by Crippen LogP contribution is -2.26. The van der Waals surface area contributed by atoms with Crippen LogP contribution in [0.3, 0.4) is 0 Å². The molecule has 0 bridgehead atoms. The summed E-state index contributed by atoms with van der Waals surface area (Å²) in [7, 11) is 0. The number of alkyl halides is 2. The number of hydrogen-bond donors (Lipinski definition) is 2. The molecule has 1 aromatic carbocycles. The van der Waals surface area contributed by atoms with Gasteiger partial charge in [-0.3, -0.25) is 5.10 Å². The van der Waals surface area contributed by atoms with E-state index in [0.29, 0.717) is 29.9 Å². The van der Waals surface area contributed by atoms with Crippen LogP contribution in [0.2, 0.25) is 0 Å². The van der Waals surface area contributed by atoms with Crippen LogP contribution in [-0.2, 0) is 4.74 Å². The van der Waals surface area contributed by atoms with Gasteiger partial charge in [-0.2, -0.15) is 10.2 Å². The van der Waals surface area contributed by atoms with Crippen LogP contribution >= 0.6 is 0 Å².